The van der Waals surface area contributed by atoms with Gasteiger partial charge in [0.25, 0.3) is 0 Å². The van der Waals surface area contributed by atoms with Gasteiger partial charge in [-0.2, -0.15) is 4.98 Å². The maximum absolute atomic E-state index is 4.73. The Morgan fingerprint density at radius 1 is 1.15 bits per heavy atom. The molecule has 2 aromatic heterocycles. The summed E-state index contributed by atoms with van der Waals surface area (Å²) in [5.41, 5.74) is 0.848. The van der Waals surface area contributed by atoms with Crippen molar-refractivity contribution in [3.05, 3.63) is 24.4 Å². The molecule has 3 heterocycles. The molecule has 0 radical (unpaired) electrons. The SMILES string of the molecule is c1ccc(-c2nc3n(n2)C(C2CCCC2)CCN3)nc1. The molecule has 1 saturated carbocycles. The highest BCUT2D eigenvalue weighted by Crippen LogP contribution is 2.39. The van der Waals surface area contributed by atoms with Crippen LogP contribution in [0.2, 0.25) is 0 Å². The average Bonchev–Trinajstić information content (AvgIpc) is 3.17. The summed E-state index contributed by atoms with van der Waals surface area (Å²) in [5, 5.41) is 8.10. The maximum Gasteiger partial charge on any atom is 0.222 e. The molecule has 104 valence electrons. The van der Waals surface area contributed by atoms with E-state index in [4.69, 9.17) is 5.10 Å². The molecule has 4 rings (SSSR count). The largest absolute Gasteiger partial charge is 0.354 e. The monoisotopic (exact) mass is 269 g/mol. The Kier molecular flexibility index (Phi) is 2.90. The highest BCUT2D eigenvalue weighted by atomic mass is 15.4. The number of fused-ring (bicyclic) bond motifs is 1. The minimum Gasteiger partial charge on any atom is -0.354 e. The van der Waals surface area contributed by atoms with E-state index in [9.17, 15) is 0 Å². The Bertz CT molecular complexity index is 586. The van der Waals surface area contributed by atoms with Crippen LogP contribution in [0.4, 0.5) is 5.95 Å². The summed E-state index contributed by atoms with van der Waals surface area (Å²) in [6.07, 6.45) is 8.35. The predicted molar refractivity (Wildman–Crippen MR) is 77.4 cm³/mol. The van der Waals surface area contributed by atoms with Crippen LogP contribution in [0.25, 0.3) is 11.5 Å². The standard InChI is InChI=1S/C15H19N5/c1-2-6-11(5-1)13-8-10-17-15-18-14(19-20(13)15)12-7-3-4-9-16-12/h3-4,7,9,11,13H,1-2,5-6,8,10H2,(H,17,18,19). The molecule has 2 aliphatic rings. The lowest BCUT2D eigenvalue weighted by Gasteiger charge is -2.28. The number of hydrogen-bond donors (Lipinski definition) is 1. The van der Waals surface area contributed by atoms with Gasteiger partial charge in [0.15, 0.2) is 0 Å². The van der Waals surface area contributed by atoms with Gasteiger partial charge in [-0.15, -0.1) is 5.10 Å². The van der Waals surface area contributed by atoms with Gasteiger partial charge in [0.1, 0.15) is 5.69 Å². The zero-order valence-electron chi connectivity index (χ0n) is 11.5. The molecule has 1 aliphatic heterocycles. The number of pyridine rings is 1. The van der Waals surface area contributed by atoms with Crippen LogP contribution in [0, 0.1) is 5.92 Å². The molecule has 20 heavy (non-hydrogen) atoms. The summed E-state index contributed by atoms with van der Waals surface area (Å²) in [5.74, 6) is 2.42. The first-order valence-electron chi connectivity index (χ1n) is 7.53. The van der Waals surface area contributed by atoms with E-state index in [1.807, 2.05) is 18.2 Å². The van der Waals surface area contributed by atoms with Crippen LogP contribution in [0.5, 0.6) is 0 Å². The summed E-state index contributed by atoms with van der Waals surface area (Å²) in [7, 11) is 0. The minimum atomic E-state index is 0.513. The quantitative estimate of drug-likeness (QED) is 0.910. The van der Waals surface area contributed by atoms with Gasteiger partial charge in [-0.05, 0) is 37.3 Å². The van der Waals surface area contributed by atoms with Crippen molar-refractivity contribution >= 4 is 5.95 Å². The molecule has 1 atom stereocenters. The maximum atomic E-state index is 4.73. The van der Waals surface area contributed by atoms with Gasteiger partial charge in [0, 0.05) is 12.7 Å². The number of aromatic nitrogens is 4. The normalized spacial score (nSPS) is 22.5. The van der Waals surface area contributed by atoms with Gasteiger partial charge < -0.3 is 5.32 Å². The highest BCUT2D eigenvalue weighted by Gasteiger charge is 2.31. The smallest absolute Gasteiger partial charge is 0.222 e. The lowest BCUT2D eigenvalue weighted by atomic mass is 9.95. The number of nitrogens with zero attached hydrogens (tertiary/aromatic N) is 4. The van der Waals surface area contributed by atoms with Gasteiger partial charge in [-0.1, -0.05) is 18.9 Å². The molecular formula is C15H19N5. The average molecular weight is 269 g/mol. The molecule has 1 fully saturated rings. The van der Waals surface area contributed by atoms with Crippen molar-refractivity contribution in [1.29, 1.82) is 0 Å². The molecule has 1 aliphatic carbocycles. The molecule has 1 unspecified atom stereocenters. The van der Waals surface area contributed by atoms with E-state index in [1.54, 1.807) is 6.20 Å². The van der Waals surface area contributed by atoms with E-state index in [2.05, 4.69) is 20.0 Å². The topological polar surface area (TPSA) is 55.6 Å². The molecule has 0 spiro atoms. The van der Waals surface area contributed by atoms with Crippen LogP contribution in [0.3, 0.4) is 0 Å². The van der Waals surface area contributed by atoms with Crippen LogP contribution >= 0.6 is 0 Å². The van der Waals surface area contributed by atoms with E-state index in [1.165, 1.54) is 25.7 Å². The fraction of sp³-hybridized carbons (Fsp3) is 0.533. The summed E-state index contributed by atoms with van der Waals surface area (Å²) < 4.78 is 2.11. The Morgan fingerprint density at radius 2 is 2.05 bits per heavy atom. The van der Waals surface area contributed by atoms with Crippen LogP contribution in [-0.2, 0) is 0 Å². The summed E-state index contributed by atoms with van der Waals surface area (Å²) in [4.78, 5) is 8.97. The van der Waals surface area contributed by atoms with Crippen LogP contribution in [0.15, 0.2) is 24.4 Å². The summed E-state index contributed by atoms with van der Waals surface area (Å²) >= 11 is 0. The third-order valence-electron chi connectivity index (χ3n) is 4.51. The second-order valence-electron chi connectivity index (χ2n) is 5.75. The van der Waals surface area contributed by atoms with Crippen molar-refractivity contribution in [1.82, 2.24) is 19.7 Å². The second kappa shape index (κ2) is 4.89. The Labute approximate surface area is 118 Å². The molecule has 5 heteroatoms. The highest BCUT2D eigenvalue weighted by molar-refractivity contribution is 5.51. The first-order chi connectivity index (χ1) is 9.92. The van der Waals surface area contributed by atoms with Crippen LogP contribution in [-0.4, -0.2) is 26.3 Å². The Morgan fingerprint density at radius 3 is 2.85 bits per heavy atom. The third-order valence-corrected chi connectivity index (χ3v) is 4.51. The fourth-order valence-electron chi connectivity index (χ4n) is 3.51. The molecule has 0 amide bonds. The predicted octanol–water partition coefficient (Wildman–Crippen LogP) is 2.89. The zero-order chi connectivity index (χ0) is 13.4. The van der Waals surface area contributed by atoms with Crippen LogP contribution in [0.1, 0.15) is 38.1 Å². The van der Waals surface area contributed by atoms with Crippen molar-refractivity contribution in [2.24, 2.45) is 5.92 Å². The first kappa shape index (κ1) is 11.9. The Hall–Kier alpha value is -1.91. The van der Waals surface area contributed by atoms with E-state index in [-0.39, 0.29) is 0 Å². The zero-order valence-corrected chi connectivity index (χ0v) is 11.5. The van der Waals surface area contributed by atoms with Gasteiger partial charge in [0.05, 0.1) is 6.04 Å². The molecule has 0 aromatic carbocycles. The van der Waals surface area contributed by atoms with Crippen molar-refractivity contribution in [3.63, 3.8) is 0 Å². The minimum absolute atomic E-state index is 0.513. The van der Waals surface area contributed by atoms with Gasteiger partial charge in [0.2, 0.25) is 11.8 Å². The lowest BCUT2D eigenvalue weighted by Crippen LogP contribution is -2.28. The van der Waals surface area contributed by atoms with E-state index in [0.29, 0.717) is 6.04 Å². The summed E-state index contributed by atoms with van der Waals surface area (Å²) in [6, 6.07) is 6.37. The number of rotatable bonds is 2. The Balaban J connectivity index is 1.70. The summed E-state index contributed by atoms with van der Waals surface area (Å²) in [6.45, 7) is 1.00. The fourth-order valence-corrected chi connectivity index (χ4v) is 3.51. The number of hydrogen-bond acceptors (Lipinski definition) is 4. The molecular weight excluding hydrogens is 250 g/mol. The van der Waals surface area contributed by atoms with Crippen molar-refractivity contribution < 1.29 is 0 Å². The number of nitrogens with one attached hydrogen (secondary N) is 1. The number of anilines is 1. The van der Waals surface area contributed by atoms with Gasteiger partial charge >= 0.3 is 0 Å². The lowest BCUT2D eigenvalue weighted by molar-refractivity contribution is 0.290. The third kappa shape index (κ3) is 1.97. The van der Waals surface area contributed by atoms with Gasteiger partial charge in [-0.25, -0.2) is 4.68 Å². The van der Waals surface area contributed by atoms with E-state index >= 15 is 0 Å². The second-order valence-corrected chi connectivity index (χ2v) is 5.75. The van der Waals surface area contributed by atoms with Crippen molar-refractivity contribution in [3.8, 4) is 11.5 Å². The van der Waals surface area contributed by atoms with Crippen LogP contribution < -0.4 is 5.32 Å². The molecule has 1 N–H and O–H groups in total. The van der Waals surface area contributed by atoms with Crippen molar-refractivity contribution in [2.45, 2.75) is 38.1 Å². The first-order valence-corrected chi connectivity index (χ1v) is 7.53. The van der Waals surface area contributed by atoms with E-state index < -0.39 is 0 Å². The molecule has 0 saturated heterocycles. The molecule has 5 nitrogen and oxygen atoms in total. The molecule has 0 bridgehead atoms. The van der Waals surface area contributed by atoms with E-state index in [0.717, 1.165) is 36.4 Å². The van der Waals surface area contributed by atoms with Crippen molar-refractivity contribution in [2.75, 3.05) is 11.9 Å². The van der Waals surface area contributed by atoms with Gasteiger partial charge in [-0.3, -0.25) is 4.98 Å². The molecule has 2 aromatic rings.